The van der Waals surface area contributed by atoms with Crippen LogP contribution in [-0.4, -0.2) is 12.2 Å². The smallest absolute Gasteiger partial charge is 0.126 e. The predicted octanol–water partition coefficient (Wildman–Crippen LogP) is 4.13. The molecule has 2 heterocycles. The zero-order chi connectivity index (χ0) is 13.6. The molecule has 0 saturated carbocycles. The highest BCUT2D eigenvalue weighted by Gasteiger charge is 2.48. The van der Waals surface area contributed by atoms with Gasteiger partial charge in [0.2, 0.25) is 0 Å². The first-order chi connectivity index (χ1) is 9.08. The van der Waals surface area contributed by atoms with E-state index >= 15 is 0 Å². The number of hydrogen-bond donors (Lipinski definition) is 0. The molecule has 1 aromatic rings. The van der Waals surface area contributed by atoms with Crippen molar-refractivity contribution in [2.24, 2.45) is 11.8 Å². The fourth-order valence-electron chi connectivity index (χ4n) is 3.31. The van der Waals surface area contributed by atoms with Crippen LogP contribution in [0.5, 0.6) is 5.75 Å². The van der Waals surface area contributed by atoms with Gasteiger partial charge in [-0.05, 0) is 38.8 Å². The lowest BCUT2D eigenvalue weighted by atomic mass is 9.79. The Morgan fingerprint density at radius 2 is 1.89 bits per heavy atom. The van der Waals surface area contributed by atoms with E-state index in [-0.39, 0.29) is 18.3 Å². The largest absolute Gasteiger partial charge is 0.486 e. The molecule has 0 radical (unpaired) electrons. The van der Waals surface area contributed by atoms with Gasteiger partial charge in [0.05, 0.1) is 12.2 Å². The Bertz CT molecular complexity index is 502. The molecule has 0 N–H and O–H groups in total. The van der Waals surface area contributed by atoms with Crippen LogP contribution in [0.4, 0.5) is 0 Å². The predicted molar refractivity (Wildman–Crippen MR) is 76.2 cm³/mol. The van der Waals surface area contributed by atoms with E-state index in [0.717, 1.165) is 5.75 Å². The van der Waals surface area contributed by atoms with Gasteiger partial charge >= 0.3 is 0 Å². The Labute approximate surface area is 115 Å². The summed E-state index contributed by atoms with van der Waals surface area (Å²) in [6.45, 7) is 8.70. The molecule has 1 saturated heterocycles. The van der Waals surface area contributed by atoms with Crippen molar-refractivity contribution in [3.05, 3.63) is 41.5 Å². The molecule has 19 heavy (non-hydrogen) atoms. The summed E-state index contributed by atoms with van der Waals surface area (Å²) in [6.07, 6.45) is 2.84. The molecule has 0 amide bonds. The van der Waals surface area contributed by atoms with Crippen LogP contribution in [-0.2, 0) is 4.74 Å². The number of allylic oxidation sites excluding steroid dienone is 1. The first-order valence-corrected chi connectivity index (χ1v) is 7.14. The number of ether oxygens (including phenoxy) is 2. The summed E-state index contributed by atoms with van der Waals surface area (Å²) in [5, 5.41) is 0. The minimum atomic E-state index is 0.129. The van der Waals surface area contributed by atoms with E-state index in [4.69, 9.17) is 9.47 Å². The maximum Gasteiger partial charge on any atom is 0.126 e. The molecule has 3 rings (SSSR count). The van der Waals surface area contributed by atoms with Crippen LogP contribution in [0.25, 0.3) is 0 Å². The summed E-state index contributed by atoms with van der Waals surface area (Å²) in [7, 11) is 0. The molecule has 2 aliphatic heterocycles. The minimum absolute atomic E-state index is 0.129. The molecule has 1 fully saturated rings. The molecular weight excluding hydrogens is 236 g/mol. The lowest BCUT2D eigenvalue weighted by Crippen LogP contribution is -2.35. The van der Waals surface area contributed by atoms with Crippen LogP contribution in [0.15, 0.2) is 35.9 Å². The molecule has 1 aromatic carbocycles. The normalized spacial score (nSPS) is 36.1. The fraction of sp³-hybridized carbons (Fsp3) is 0.529. The fourth-order valence-corrected chi connectivity index (χ4v) is 3.31. The summed E-state index contributed by atoms with van der Waals surface area (Å²) < 4.78 is 12.4. The van der Waals surface area contributed by atoms with E-state index in [1.165, 1.54) is 11.1 Å². The second-order valence-electron chi connectivity index (χ2n) is 6.06. The Balaban J connectivity index is 2.05. The molecular formula is C17H22O2. The van der Waals surface area contributed by atoms with Crippen molar-refractivity contribution in [3.63, 3.8) is 0 Å². The third kappa shape index (κ3) is 2.08. The van der Waals surface area contributed by atoms with E-state index in [0.29, 0.717) is 11.8 Å². The summed E-state index contributed by atoms with van der Waals surface area (Å²) in [5.74, 6) is 1.91. The molecule has 0 bridgehead atoms. The SMILES string of the molecule is CC(C)=C[C@@H]1Oc2ccccc2[C@@H]2O[C@H](C)[C@H](C)[C@H]12. The van der Waals surface area contributed by atoms with Crippen LogP contribution < -0.4 is 4.74 Å². The zero-order valence-electron chi connectivity index (χ0n) is 12.1. The molecule has 0 spiro atoms. The summed E-state index contributed by atoms with van der Waals surface area (Å²) in [6, 6.07) is 8.28. The van der Waals surface area contributed by atoms with Crippen LogP contribution in [0.1, 0.15) is 39.4 Å². The Kier molecular flexibility index (Phi) is 3.14. The van der Waals surface area contributed by atoms with E-state index in [9.17, 15) is 0 Å². The van der Waals surface area contributed by atoms with Gasteiger partial charge in [0, 0.05) is 11.5 Å². The summed E-state index contributed by atoms with van der Waals surface area (Å²) >= 11 is 0. The van der Waals surface area contributed by atoms with Crippen molar-refractivity contribution in [3.8, 4) is 5.75 Å². The highest BCUT2D eigenvalue weighted by Crippen LogP contribution is 2.50. The Morgan fingerprint density at radius 3 is 2.63 bits per heavy atom. The standard InChI is InChI=1S/C17H22O2/c1-10(2)9-15-16-11(3)12(4)18-17(16)13-7-5-6-8-14(13)19-15/h5-9,11-12,15-17H,1-4H3/t11-,12+,15-,16+,17-/m0/s1. The topological polar surface area (TPSA) is 18.5 Å². The first kappa shape index (κ1) is 12.7. The molecule has 0 aromatic heterocycles. The second-order valence-corrected chi connectivity index (χ2v) is 6.06. The number of benzene rings is 1. The molecule has 2 heteroatoms. The van der Waals surface area contributed by atoms with Gasteiger partial charge in [0.25, 0.3) is 0 Å². The summed E-state index contributed by atoms with van der Waals surface area (Å²) in [5.41, 5.74) is 2.51. The quantitative estimate of drug-likeness (QED) is 0.705. The first-order valence-electron chi connectivity index (χ1n) is 7.14. The van der Waals surface area contributed by atoms with Crippen molar-refractivity contribution in [2.75, 3.05) is 0 Å². The molecule has 102 valence electrons. The highest BCUT2D eigenvalue weighted by molar-refractivity contribution is 5.39. The maximum atomic E-state index is 6.22. The van der Waals surface area contributed by atoms with Crippen LogP contribution in [0.3, 0.4) is 0 Å². The molecule has 0 aliphatic carbocycles. The monoisotopic (exact) mass is 258 g/mol. The van der Waals surface area contributed by atoms with Crippen molar-refractivity contribution in [1.82, 2.24) is 0 Å². The maximum absolute atomic E-state index is 6.22. The van der Waals surface area contributed by atoms with E-state index in [2.05, 4.69) is 52.0 Å². The van der Waals surface area contributed by atoms with Gasteiger partial charge < -0.3 is 9.47 Å². The lowest BCUT2D eigenvalue weighted by molar-refractivity contribution is 0.0102. The van der Waals surface area contributed by atoms with Gasteiger partial charge in [-0.25, -0.2) is 0 Å². The number of para-hydroxylation sites is 1. The minimum Gasteiger partial charge on any atom is -0.486 e. The van der Waals surface area contributed by atoms with Crippen LogP contribution in [0.2, 0.25) is 0 Å². The number of rotatable bonds is 1. The molecule has 2 aliphatic rings. The Morgan fingerprint density at radius 1 is 1.16 bits per heavy atom. The van der Waals surface area contributed by atoms with E-state index < -0.39 is 0 Å². The van der Waals surface area contributed by atoms with Crippen molar-refractivity contribution in [2.45, 2.75) is 46.0 Å². The molecule has 2 nitrogen and oxygen atoms in total. The van der Waals surface area contributed by atoms with Gasteiger partial charge in [0.1, 0.15) is 11.9 Å². The molecule has 5 atom stereocenters. The van der Waals surface area contributed by atoms with Crippen LogP contribution >= 0.6 is 0 Å². The van der Waals surface area contributed by atoms with Crippen LogP contribution in [0, 0.1) is 11.8 Å². The van der Waals surface area contributed by atoms with Gasteiger partial charge in [0.15, 0.2) is 0 Å². The van der Waals surface area contributed by atoms with Gasteiger partial charge in [-0.1, -0.05) is 30.7 Å². The number of hydrogen-bond acceptors (Lipinski definition) is 2. The van der Waals surface area contributed by atoms with Gasteiger partial charge in [-0.2, -0.15) is 0 Å². The highest BCUT2D eigenvalue weighted by atomic mass is 16.5. The van der Waals surface area contributed by atoms with Crippen molar-refractivity contribution >= 4 is 0 Å². The average Bonchev–Trinajstić information content (AvgIpc) is 2.66. The van der Waals surface area contributed by atoms with Gasteiger partial charge in [-0.3, -0.25) is 0 Å². The number of fused-ring (bicyclic) bond motifs is 3. The van der Waals surface area contributed by atoms with E-state index in [1.807, 2.05) is 6.07 Å². The van der Waals surface area contributed by atoms with Gasteiger partial charge in [-0.15, -0.1) is 0 Å². The third-order valence-corrected chi connectivity index (χ3v) is 4.42. The third-order valence-electron chi connectivity index (χ3n) is 4.42. The molecule has 0 unspecified atom stereocenters. The Hall–Kier alpha value is -1.28. The lowest BCUT2D eigenvalue weighted by Gasteiger charge is -2.35. The summed E-state index contributed by atoms with van der Waals surface area (Å²) in [4.78, 5) is 0. The van der Waals surface area contributed by atoms with Crippen molar-refractivity contribution < 1.29 is 9.47 Å². The zero-order valence-corrected chi connectivity index (χ0v) is 12.1. The van der Waals surface area contributed by atoms with E-state index in [1.54, 1.807) is 0 Å². The second kappa shape index (κ2) is 4.68. The van der Waals surface area contributed by atoms with Crippen molar-refractivity contribution in [1.29, 1.82) is 0 Å². The average molecular weight is 258 g/mol.